The Hall–Kier alpha value is -0.540. The summed E-state index contributed by atoms with van der Waals surface area (Å²) in [5.41, 5.74) is 1.71. The highest BCUT2D eigenvalue weighted by Gasteiger charge is 2.02. The van der Waals surface area contributed by atoms with E-state index in [1.54, 1.807) is 13.0 Å². The SMILES string of the molecule is CSCC(C)NCc1ccc(C)c(F)c1. The number of thioether (sulfide) groups is 1. The summed E-state index contributed by atoms with van der Waals surface area (Å²) < 4.78 is 13.2. The van der Waals surface area contributed by atoms with Crippen molar-refractivity contribution in [1.29, 1.82) is 0 Å². The molecule has 1 unspecified atom stereocenters. The highest BCUT2D eigenvalue weighted by Crippen LogP contribution is 2.09. The lowest BCUT2D eigenvalue weighted by atomic mass is 10.1. The summed E-state index contributed by atoms with van der Waals surface area (Å²) >= 11 is 1.81. The maximum Gasteiger partial charge on any atom is 0.126 e. The van der Waals surface area contributed by atoms with Crippen LogP contribution in [-0.4, -0.2) is 18.1 Å². The van der Waals surface area contributed by atoms with Crippen LogP contribution in [0.3, 0.4) is 0 Å². The minimum Gasteiger partial charge on any atom is -0.309 e. The number of hydrogen-bond acceptors (Lipinski definition) is 2. The van der Waals surface area contributed by atoms with Gasteiger partial charge in [-0.05, 0) is 37.3 Å². The standard InChI is InChI=1S/C12H18FNS/c1-9-4-5-11(6-12(9)13)7-14-10(2)8-15-3/h4-6,10,14H,7-8H2,1-3H3. The van der Waals surface area contributed by atoms with Crippen molar-refractivity contribution in [2.75, 3.05) is 12.0 Å². The second kappa shape index (κ2) is 6.13. The summed E-state index contributed by atoms with van der Waals surface area (Å²) in [5, 5.41) is 3.36. The van der Waals surface area contributed by atoms with Gasteiger partial charge in [-0.2, -0.15) is 11.8 Å². The molecular formula is C12H18FNS. The van der Waals surface area contributed by atoms with Crippen molar-refractivity contribution in [3.05, 3.63) is 35.1 Å². The topological polar surface area (TPSA) is 12.0 Å². The van der Waals surface area contributed by atoms with Crippen LogP contribution in [-0.2, 0) is 6.54 Å². The van der Waals surface area contributed by atoms with Crippen molar-refractivity contribution in [2.45, 2.75) is 26.4 Å². The van der Waals surface area contributed by atoms with Gasteiger partial charge in [0, 0.05) is 18.3 Å². The molecule has 1 aromatic rings. The van der Waals surface area contributed by atoms with Crippen LogP contribution in [0.2, 0.25) is 0 Å². The molecule has 1 atom stereocenters. The molecule has 0 heterocycles. The fourth-order valence-electron chi connectivity index (χ4n) is 1.35. The summed E-state index contributed by atoms with van der Waals surface area (Å²) in [6, 6.07) is 5.86. The van der Waals surface area contributed by atoms with E-state index in [0.717, 1.165) is 17.9 Å². The highest BCUT2D eigenvalue weighted by atomic mass is 32.2. The molecule has 0 spiro atoms. The van der Waals surface area contributed by atoms with Crippen molar-refractivity contribution >= 4 is 11.8 Å². The molecule has 1 N–H and O–H groups in total. The van der Waals surface area contributed by atoms with Crippen LogP contribution in [0.15, 0.2) is 18.2 Å². The summed E-state index contributed by atoms with van der Waals surface area (Å²) in [7, 11) is 0. The van der Waals surface area contributed by atoms with Crippen LogP contribution >= 0.6 is 11.8 Å². The quantitative estimate of drug-likeness (QED) is 0.830. The van der Waals surface area contributed by atoms with E-state index in [-0.39, 0.29) is 5.82 Å². The van der Waals surface area contributed by atoms with Crippen LogP contribution in [0.1, 0.15) is 18.1 Å². The zero-order chi connectivity index (χ0) is 11.3. The Morgan fingerprint density at radius 3 is 2.80 bits per heavy atom. The number of nitrogens with one attached hydrogen (secondary N) is 1. The molecule has 0 aromatic heterocycles. The molecule has 1 aromatic carbocycles. The molecule has 0 amide bonds. The zero-order valence-electron chi connectivity index (χ0n) is 9.51. The molecule has 3 heteroatoms. The number of hydrogen-bond donors (Lipinski definition) is 1. The van der Waals surface area contributed by atoms with Gasteiger partial charge in [-0.3, -0.25) is 0 Å². The largest absolute Gasteiger partial charge is 0.309 e. The van der Waals surface area contributed by atoms with E-state index < -0.39 is 0 Å². The molecule has 0 aliphatic heterocycles. The van der Waals surface area contributed by atoms with E-state index in [2.05, 4.69) is 18.5 Å². The maximum absolute atomic E-state index is 13.2. The first kappa shape index (κ1) is 12.5. The summed E-state index contributed by atoms with van der Waals surface area (Å²) in [6.45, 7) is 4.66. The lowest BCUT2D eigenvalue weighted by Crippen LogP contribution is -2.27. The minimum atomic E-state index is -0.119. The Kier molecular flexibility index (Phi) is 5.12. The Morgan fingerprint density at radius 1 is 1.47 bits per heavy atom. The number of halogens is 1. The van der Waals surface area contributed by atoms with E-state index >= 15 is 0 Å². The first-order valence-corrected chi connectivity index (χ1v) is 6.50. The molecule has 0 saturated heterocycles. The molecule has 0 bridgehead atoms. The Labute approximate surface area is 95.5 Å². The Morgan fingerprint density at radius 2 is 2.20 bits per heavy atom. The number of benzene rings is 1. The molecule has 0 aliphatic carbocycles. The van der Waals surface area contributed by atoms with Crippen LogP contribution in [0, 0.1) is 12.7 Å². The first-order valence-electron chi connectivity index (χ1n) is 5.11. The Bertz CT molecular complexity index is 314. The van der Waals surface area contributed by atoms with Crippen LogP contribution in [0.4, 0.5) is 4.39 Å². The van der Waals surface area contributed by atoms with Gasteiger partial charge >= 0.3 is 0 Å². The minimum absolute atomic E-state index is 0.119. The first-order chi connectivity index (χ1) is 7.13. The van der Waals surface area contributed by atoms with Gasteiger partial charge in [-0.25, -0.2) is 4.39 Å². The van der Waals surface area contributed by atoms with Gasteiger partial charge in [-0.15, -0.1) is 0 Å². The number of aryl methyl sites for hydroxylation is 1. The smallest absolute Gasteiger partial charge is 0.126 e. The van der Waals surface area contributed by atoms with Crippen LogP contribution < -0.4 is 5.32 Å². The monoisotopic (exact) mass is 227 g/mol. The number of rotatable bonds is 5. The second-order valence-corrected chi connectivity index (χ2v) is 4.73. The third kappa shape index (κ3) is 4.22. The lowest BCUT2D eigenvalue weighted by Gasteiger charge is -2.12. The van der Waals surface area contributed by atoms with E-state index in [1.807, 2.05) is 23.9 Å². The molecule has 0 radical (unpaired) electrons. The molecule has 0 fully saturated rings. The molecule has 0 saturated carbocycles. The molecular weight excluding hydrogens is 209 g/mol. The lowest BCUT2D eigenvalue weighted by molar-refractivity contribution is 0.585. The normalized spacial score (nSPS) is 12.8. The molecule has 1 nitrogen and oxygen atoms in total. The average Bonchev–Trinajstić information content (AvgIpc) is 2.20. The summed E-state index contributed by atoms with van der Waals surface area (Å²) in [6.07, 6.45) is 2.09. The predicted octanol–water partition coefficient (Wildman–Crippen LogP) is 2.98. The predicted molar refractivity (Wildman–Crippen MR) is 65.8 cm³/mol. The maximum atomic E-state index is 13.2. The van der Waals surface area contributed by atoms with Gasteiger partial charge in [0.1, 0.15) is 5.82 Å². The zero-order valence-corrected chi connectivity index (χ0v) is 10.3. The third-order valence-electron chi connectivity index (χ3n) is 2.31. The van der Waals surface area contributed by atoms with E-state index in [1.165, 1.54) is 0 Å². The van der Waals surface area contributed by atoms with E-state index in [4.69, 9.17) is 0 Å². The van der Waals surface area contributed by atoms with Gasteiger partial charge < -0.3 is 5.32 Å². The van der Waals surface area contributed by atoms with Crippen molar-refractivity contribution in [1.82, 2.24) is 5.32 Å². The van der Waals surface area contributed by atoms with Crippen LogP contribution in [0.25, 0.3) is 0 Å². The third-order valence-corrected chi connectivity index (χ3v) is 3.14. The molecule has 84 valence electrons. The van der Waals surface area contributed by atoms with E-state index in [9.17, 15) is 4.39 Å². The second-order valence-electron chi connectivity index (χ2n) is 3.82. The van der Waals surface area contributed by atoms with Crippen molar-refractivity contribution in [3.8, 4) is 0 Å². The van der Waals surface area contributed by atoms with Crippen molar-refractivity contribution in [2.24, 2.45) is 0 Å². The summed E-state index contributed by atoms with van der Waals surface area (Å²) in [5.74, 6) is 0.959. The van der Waals surface area contributed by atoms with Gasteiger partial charge in [0.05, 0.1) is 0 Å². The van der Waals surface area contributed by atoms with Gasteiger partial charge in [0.15, 0.2) is 0 Å². The van der Waals surface area contributed by atoms with E-state index in [0.29, 0.717) is 11.6 Å². The van der Waals surface area contributed by atoms with Crippen molar-refractivity contribution < 1.29 is 4.39 Å². The van der Waals surface area contributed by atoms with Gasteiger partial charge in [0.2, 0.25) is 0 Å². The molecule has 15 heavy (non-hydrogen) atoms. The Balaban J connectivity index is 2.47. The van der Waals surface area contributed by atoms with Crippen molar-refractivity contribution in [3.63, 3.8) is 0 Å². The van der Waals surface area contributed by atoms with Gasteiger partial charge in [0.25, 0.3) is 0 Å². The highest BCUT2D eigenvalue weighted by molar-refractivity contribution is 7.98. The molecule has 1 rings (SSSR count). The fraction of sp³-hybridized carbons (Fsp3) is 0.500. The summed E-state index contributed by atoms with van der Waals surface area (Å²) in [4.78, 5) is 0. The molecule has 0 aliphatic rings. The van der Waals surface area contributed by atoms with Gasteiger partial charge in [-0.1, -0.05) is 12.1 Å². The average molecular weight is 227 g/mol. The fourth-order valence-corrected chi connectivity index (χ4v) is 1.97. The van der Waals surface area contributed by atoms with Crippen LogP contribution in [0.5, 0.6) is 0 Å².